The number of thioether (sulfide) groups is 1. The lowest BCUT2D eigenvalue weighted by molar-refractivity contribution is -0.832. The third-order valence-corrected chi connectivity index (χ3v) is 11.5. The van der Waals surface area contributed by atoms with Gasteiger partial charge in [-0.25, -0.2) is 13.2 Å². The van der Waals surface area contributed by atoms with Gasteiger partial charge < -0.3 is 20.0 Å². The number of hydrogen-bond acceptors (Lipinski definition) is 10. The molecule has 1 unspecified atom stereocenters. The second-order valence-corrected chi connectivity index (χ2v) is 16.7. The van der Waals surface area contributed by atoms with Crippen LogP contribution in [0.5, 0.6) is 5.88 Å². The Labute approximate surface area is 334 Å². The summed E-state index contributed by atoms with van der Waals surface area (Å²) in [4.78, 5) is 27.8. The van der Waals surface area contributed by atoms with Crippen molar-refractivity contribution in [2.75, 3.05) is 12.4 Å². The van der Waals surface area contributed by atoms with Crippen LogP contribution in [0.3, 0.4) is 0 Å². The van der Waals surface area contributed by atoms with Crippen LogP contribution in [0, 0.1) is 5.21 Å². The van der Waals surface area contributed by atoms with Gasteiger partial charge in [0.1, 0.15) is 12.1 Å². The van der Waals surface area contributed by atoms with Gasteiger partial charge in [-0.2, -0.15) is 0 Å². The summed E-state index contributed by atoms with van der Waals surface area (Å²) in [5, 5.41) is 17.8. The lowest BCUT2D eigenvalue weighted by atomic mass is 10.1. The Morgan fingerprint density at radius 3 is 2.21 bits per heavy atom. The average Bonchev–Trinajstić information content (AvgIpc) is 3.55. The van der Waals surface area contributed by atoms with Crippen LogP contribution in [0.15, 0.2) is 139 Å². The number of benzene rings is 3. The molecule has 1 N–H and O–H groups in total. The van der Waals surface area contributed by atoms with E-state index < -0.39 is 44.8 Å². The van der Waals surface area contributed by atoms with Crippen LogP contribution in [0.1, 0.15) is 82.6 Å². The number of carbonyl (C=O) groups excluding carboxylic acids is 2. The summed E-state index contributed by atoms with van der Waals surface area (Å²) in [6, 6.07) is 23.0. The van der Waals surface area contributed by atoms with Crippen molar-refractivity contribution in [3.63, 3.8) is 0 Å². The Hall–Kier alpha value is -5.14. The number of nitrogens with zero attached hydrogens (tertiary/aromatic N) is 2. The van der Waals surface area contributed by atoms with Crippen molar-refractivity contribution >= 4 is 33.5 Å². The Balaban J connectivity index is 1.36. The molecule has 0 radical (unpaired) electrons. The van der Waals surface area contributed by atoms with Crippen LogP contribution < -0.4 is 15.0 Å². The lowest BCUT2D eigenvalue weighted by Crippen LogP contribution is -2.44. The molecule has 11 nitrogen and oxygen atoms in total. The number of aromatic nitrogens is 2. The number of nitrogens with one attached hydrogen (secondary N) is 1. The van der Waals surface area contributed by atoms with E-state index in [1.54, 1.807) is 36.9 Å². The van der Waals surface area contributed by atoms with Crippen molar-refractivity contribution in [2.45, 2.75) is 100 Å². The lowest BCUT2D eigenvalue weighted by Gasteiger charge is -2.21. The molecule has 0 spiro atoms. The van der Waals surface area contributed by atoms with E-state index in [1.807, 2.05) is 42.5 Å². The number of hydrogen-bond donors (Lipinski definition) is 1. The average molecular weight is 802 g/mol. The second kappa shape index (κ2) is 21.8. The molecule has 13 heteroatoms. The van der Waals surface area contributed by atoms with Gasteiger partial charge in [0.05, 0.1) is 22.2 Å². The van der Waals surface area contributed by atoms with Crippen molar-refractivity contribution in [3.8, 4) is 5.88 Å². The van der Waals surface area contributed by atoms with Crippen molar-refractivity contribution in [3.05, 3.63) is 136 Å². The highest BCUT2D eigenvalue weighted by Gasteiger charge is 2.36. The predicted octanol–water partition coefficient (Wildman–Crippen LogP) is 8.39. The third kappa shape index (κ3) is 13.6. The van der Waals surface area contributed by atoms with Gasteiger partial charge in [-0.3, -0.25) is 9.42 Å². The summed E-state index contributed by atoms with van der Waals surface area (Å²) in [6.45, 7) is 10.0. The van der Waals surface area contributed by atoms with E-state index in [0.717, 1.165) is 36.1 Å². The Bertz CT molecular complexity index is 2090. The van der Waals surface area contributed by atoms with Crippen molar-refractivity contribution in [2.24, 2.45) is 0 Å². The van der Waals surface area contributed by atoms with E-state index in [2.05, 4.69) is 61.0 Å². The van der Waals surface area contributed by atoms with Crippen LogP contribution >= 0.6 is 11.8 Å². The number of esters is 1. The van der Waals surface area contributed by atoms with Gasteiger partial charge in [-0.05, 0) is 95.0 Å². The predicted molar refractivity (Wildman–Crippen MR) is 217 cm³/mol. The van der Waals surface area contributed by atoms with Gasteiger partial charge in [0.15, 0.2) is 0 Å². The zero-order valence-electron chi connectivity index (χ0n) is 32.6. The van der Waals surface area contributed by atoms with Gasteiger partial charge in [-0.15, -0.1) is 11.8 Å². The molecular weight excluding hydrogens is 751 g/mol. The molecule has 4 aromatic rings. The zero-order chi connectivity index (χ0) is 40.5. The molecule has 0 aliphatic rings. The molecule has 0 fully saturated rings. The monoisotopic (exact) mass is 801 g/mol. The second-order valence-electron chi connectivity index (χ2n) is 13.7. The fourth-order valence-electron chi connectivity index (χ4n) is 5.57. The minimum Gasteiger partial charge on any atom is -0.461 e. The number of ether oxygens (including phenoxy) is 2. The number of carbonyl (C=O) groups is 2. The molecule has 0 bridgehead atoms. The first kappa shape index (κ1) is 43.6. The van der Waals surface area contributed by atoms with Gasteiger partial charge in [-0.1, -0.05) is 95.6 Å². The smallest absolute Gasteiger partial charge is 0.414 e. The van der Waals surface area contributed by atoms with Crippen LogP contribution in [0.2, 0.25) is 0 Å². The zero-order valence-corrected chi connectivity index (χ0v) is 34.2. The molecular formula is C43H51N3O8S2. The minimum atomic E-state index is -4.29. The van der Waals surface area contributed by atoms with E-state index >= 15 is 0 Å². The molecule has 298 valence electrons. The molecule has 0 saturated carbocycles. The highest BCUT2D eigenvalue weighted by molar-refractivity contribution is 7.99. The summed E-state index contributed by atoms with van der Waals surface area (Å²) in [5.74, 6) is -0.865. The topological polar surface area (TPSA) is 152 Å². The summed E-state index contributed by atoms with van der Waals surface area (Å²) in [6.07, 6.45) is 10.5. The highest BCUT2D eigenvalue weighted by atomic mass is 32.2. The van der Waals surface area contributed by atoms with Gasteiger partial charge in [0.2, 0.25) is 0 Å². The van der Waals surface area contributed by atoms with Crippen LogP contribution in [0.4, 0.5) is 0 Å². The summed E-state index contributed by atoms with van der Waals surface area (Å²) >= 11 is 1.56. The number of rotatable bonds is 21. The Kier molecular flexibility index (Phi) is 17.0. The largest absolute Gasteiger partial charge is 0.461 e. The first-order valence-corrected chi connectivity index (χ1v) is 21.1. The van der Waals surface area contributed by atoms with Crippen molar-refractivity contribution < 1.29 is 37.0 Å². The molecule has 1 heterocycles. The third-order valence-electron chi connectivity index (χ3n) is 8.73. The van der Waals surface area contributed by atoms with Crippen molar-refractivity contribution in [1.29, 1.82) is 0 Å². The molecule has 0 aliphatic heterocycles. The fraction of sp³-hybridized carbons (Fsp3) is 0.349. The summed E-state index contributed by atoms with van der Waals surface area (Å²) in [5.41, 5.74) is 5.31. The molecule has 0 saturated heterocycles. The molecule has 1 amide bonds. The number of allylic oxidation sites excluding steroid dienone is 5. The quantitative estimate of drug-likeness (QED) is 0.0377. The molecule has 3 aromatic carbocycles. The van der Waals surface area contributed by atoms with Crippen LogP contribution in [0.25, 0.3) is 0 Å². The molecule has 0 aliphatic carbocycles. The fourth-order valence-corrected chi connectivity index (χ4v) is 7.91. The SMILES string of the molecule is CC(C)=CCC/C(C)=C/CC/C(C)=C/CSc1ccccc1C(=O)N[C@@H](Cc1ccccc1)C(=O)OC(C)CCOc1no[n+]([O-])c1S(=O)(=O)c1ccccc1. The van der Waals surface area contributed by atoms with Gasteiger partial charge in [0.25, 0.3) is 15.7 Å². The van der Waals surface area contributed by atoms with E-state index in [0.29, 0.717) is 11.3 Å². The maximum absolute atomic E-state index is 13.7. The maximum Gasteiger partial charge on any atom is 0.414 e. The maximum atomic E-state index is 13.7. The highest BCUT2D eigenvalue weighted by Crippen LogP contribution is 2.26. The van der Waals surface area contributed by atoms with E-state index in [9.17, 15) is 23.2 Å². The standard InChI is InChI=1S/C43H51N3O8S2/c1-31(2)16-14-17-32(3)18-15-19-33(4)27-29-55-39-25-13-12-24-37(39)40(47)44-38(30-35-20-8-6-9-21-35)43(48)53-34(5)26-28-52-41-42(46(49)54-45-41)56(50,51)36-22-10-7-11-23-36/h6-13,16,18,20-25,27,34,38H,14-15,17,19,26,28-30H2,1-5H3,(H,44,47)/b32-18+,33-27+/t34?,38-/m0/s1. The molecule has 2 atom stereocenters. The molecule has 1 aromatic heterocycles. The van der Waals surface area contributed by atoms with Crippen molar-refractivity contribution in [1.82, 2.24) is 10.5 Å². The van der Waals surface area contributed by atoms with E-state index in [-0.39, 0.29) is 29.2 Å². The Morgan fingerprint density at radius 2 is 1.52 bits per heavy atom. The Morgan fingerprint density at radius 1 is 0.893 bits per heavy atom. The summed E-state index contributed by atoms with van der Waals surface area (Å²) < 4.78 is 42.0. The minimum absolute atomic E-state index is 0.118. The first-order chi connectivity index (χ1) is 26.8. The van der Waals surface area contributed by atoms with Crippen LogP contribution in [-0.4, -0.2) is 50.0 Å². The molecule has 4 rings (SSSR count). The number of amides is 1. The number of sulfone groups is 1. The van der Waals surface area contributed by atoms with Gasteiger partial charge in [0, 0.05) is 23.5 Å². The summed E-state index contributed by atoms with van der Waals surface area (Å²) in [7, 11) is -4.29. The van der Waals surface area contributed by atoms with Crippen LogP contribution in [-0.2, 0) is 25.8 Å². The first-order valence-electron chi connectivity index (χ1n) is 18.6. The normalized spacial score (nSPS) is 13.1. The molecule has 56 heavy (non-hydrogen) atoms. The van der Waals surface area contributed by atoms with Gasteiger partial charge >= 0.3 is 16.9 Å². The van der Waals surface area contributed by atoms with E-state index in [4.69, 9.17) is 9.47 Å². The van der Waals surface area contributed by atoms with E-state index in [1.165, 1.54) is 41.0 Å².